The Morgan fingerprint density at radius 3 is 1.57 bits per heavy atom. The Balaban J connectivity index is 3.04. The zero-order valence-electron chi connectivity index (χ0n) is 15.4. The first kappa shape index (κ1) is 22.9. The van der Waals surface area contributed by atoms with Crippen LogP contribution >= 0.6 is 15.9 Å². The van der Waals surface area contributed by atoms with Crippen molar-refractivity contribution >= 4 is 21.9 Å². The van der Waals surface area contributed by atoms with Crippen LogP contribution in [0, 0.1) is 0 Å². The Morgan fingerprint density at radius 2 is 1.13 bits per heavy atom. The van der Waals surface area contributed by atoms with Crippen LogP contribution in [0.2, 0.25) is 0 Å². The van der Waals surface area contributed by atoms with Gasteiger partial charge in [-0.2, -0.15) is 0 Å². The van der Waals surface area contributed by atoms with Gasteiger partial charge < -0.3 is 4.74 Å². The van der Waals surface area contributed by atoms with Gasteiger partial charge in [0.05, 0.1) is 6.61 Å². The molecule has 0 aromatic rings. The van der Waals surface area contributed by atoms with E-state index < -0.39 is 0 Å². The fraction of sp³-hybridized carbons (Fsp3) is 0.950. The maximum atomic E-state index is 11.3. The van der Waals surface area contributed by atoms with E-state index in [0.29, 0.717) is 13.0 Å². The van der Waals surface area contributed by atoms with Crippen molar-refractivity contribution in [3.63, 3.8) is 0 Å². The minimum Gasteiger partial charge on any atom is -0.466 e. The number of rotatable bonds is 18. The molecule has 0 saturated heterocycles. The molecule has 0 aliphatic carbocycles. The van der Waals surface area contributed by atoms with Gasteiger partial charge in [-0.05, 0) is 12.8 Å². The van der Waals surface area contributed by atoms with Crippen molar-refractivity contribution < 1.29 is 9.53 Å². The van der Waals surface area contributed by atoms with Gasteiger partial charge in [-0.25, -0.2) is 0 Å². The van der Waals surface area contributed by atoms with Crippen LogP contribution in [0.4, 0.5) is 0 Å². The number of esters is 1. The Kier molecular flexibility index (Phi) is 20.0. The molecule has 0 heterocycles. The molecule has 0 saturated carbocycles. The van der Waals surface area contributed by atoms with Gasteiger partial charge in [-0.3, -0.25) is 4.79 Å². The molecule has 0 aromatic carbocycles. The minimum atomic E-state index is -0.0425. The van der Waals surface area contributed by atoms with Gasteiger partial charge in [0, 0.05) is 11.8 Å². The highest BCUT2D eigenvalue weighted by Crippen LogP contribution is 2.13. The normalized spacial score (nSPS) is 10.9. The van der Waals surface area contributed by atoms with E-state index in [0.717, 1.165) is 18.2 Å². The lowest BCUT2D eigenvalue weighted by molar-refractivity contribution is -0.143. The third kappa shape index (κ3) is 19.9. The van der Waals surface area contributed by atoms with E-state index in [1.807, 2.05) is 0 Å². The summed E-state index contributed by atoms with van der Waals surface area (Å²) in [4.78, 5) is 11.3. The summed E-state index contributed by atoms with van der Waals surface area (Å²) in [6.45, 7) is 2.89. The molecule has 0 spiro atoms. The predicted octanol–water partition coefficient (Wildman–Crippen LogP) is 7.19. The minimum absolute atomic E-state index is 0.0425. The zero-order chi connectivity index (χ0) is 17.0. The van der Waals surface area contributed by atoms with E-state index in [-0.39, 0.29) is 5.97 Å². The first-order chi connectivity index (χ1) is 11.3. The van der Waals surface area contributed by atoms with Crippen molar-refractivity contribution in [3.05, 3.63) is 0 Å². The van der Waals surface area contributed by atoms with Crippen LogP contribution in [-0.2, 0) is 9.53 Å². The van der Waals surface area contributed by atoms with E-state index >= 15 is 0 Å². The average molecular weight is 391 g/mol. The van der Waals surface area contributed by atoms with Gasteiger partial charge in [-0.1, -0.05) is 106 Å². The summed E-state index contributed by atoms with van der Waals surface area (Å²) in [7, 11) is 0. The molecule has 0 bridgehead atoms. The Labute approximate surface area is 153 Å². The lowest BCUT2D eigenvalue weighted by Crippen LogP contribution is -2.05. The molecule has 2 nitrogen and oxygen atoms in total. The third-order valence-corrected chi connectivity index (χ3v) is 4.84. The second kappa shape index (κ2) is 20.0. The lowest BCUT2D eigenvalue weighted by atomic mass is 10.0. The van der Waals surface area contributed by atoms with E-state index in [1.165, 1.54) is 83.5 Å². The van der Waals surface area contributed by atoms with Gasteiger partial charge >= 0.3 is 5.97 Å². The van der Waals surface area contributed by atoms with Gasteiger partial charge in [-0.15, -0.1) is 0 Å². The lowest BCUT2D eigenvalue weighted by Gasteiger charge is -2.05. The quantitative estimate of drug-likeness (QED) is 0.140. The average Bonchev–Trinajstić information content (AvgIpc) is 2.56. The van der Waals surface area contributed by atoms with E-state index in [9.17, 15) is 4.79 Å². The van der Waals surface area contributed by atoms with Crippen molar-refractivity contribution in [2.45, 2.75) is 110 Å². The van der Waals surface area contributed by atoms with Crippen molar-refractivity contribution in [3.8, 4) is 0 Å². The molecule has 0 fully saturated rings. The fourth-order valence-electron chi connectivity index (χ4n) is 2.77. The molecule has 0 aliphatic heterocycles. The van der Waals surface area contributed by atoms with Gasteiger partial charge in [0.1, 0.15) is 0 Å². The zero-order valence-corrected chi connectivity index (χ0v) is 17.0. The number of halogens is 1. The van der Waals surface area contributed by atoms with Crippen molar-refractivity contribution in [2.75, 3.05) is 11.9 Å². The molecule has 138 valence electrons. The summed E-state index contributed by atoms with van der Waals surface area (Å²) >= 11 is 3.32. The Hall–Kier alpha value is -0.0500. The maximum absolute atomic E-state index is 11.3. The Bertz CT molecular complexity index is 244. The highest BCUT2D eigenvalue weighted by atomic mass is 79.9. The molecule has 0 amide bonds. The number of carbonyl (C=O) groups is 1. The van der Waals surface area contributed by atoms with E-state index in [4.69, 9.17) is 4.74 Å². The first-order valence-corrected chi connectivity index (χ1v) is 11.1. The SMILES string of the molecule is CCCCCCCCCCCCCCCCOC(=O)CCCBr. The Morgan fingerprint density at radius 1 is 0.696 bits per heavy atom. The third-order valence-electron chi connectivity index (χ3n) is 4.28. The summed E-state index contributed by atoms with van der Waals surface area (Å²) in [6, 6.07) is 0. The molecule has 0 aromatic heterocycles. The smallest absolute Gasteiger partial charge is 0.305 e. The van der Waals surface area contributed by atoms with Gasteiger partial charge in [0.25, 0.3) is 0 Å². The molecule has 0 unspecified atom stereocenters. The van der Waals surface area contributed by atoms with Crippen LogP contribution in [0.15, 0.2) is 0 Å². The summed E-state index contributed by atoms with van der Waals surface area (Å²) in [6.07, 6.45) is 20.4. The second-order valence-corrected chi connectivity index (χ2v) is 7.40. The highest BCUT2D eigenvalue weighted by molar-refractivity contribution is 9.09. The monoisotopic (exact) mass is 390 g/mol. The van der Waals surface area contributed by atoms with Crippen LogP contribution in [0.25, 0.3) is 0 Å². The molecule has 0 rings (SSSR count). The number of alkyl halides is 1. The van der Waals surface area contributed by atoms with Gasteiger partial charge in [0.15, 0.2) is 0 Å². The number of hydrogen-bond donors (Lipinski definition) is 0. The number of carbonyl (C=O) groups excluding carboxylic acids is 1. The summed E-state index contributed by atoms with van der Waals surface area (Å²) in [5, 5.41) is 0.876. The molecule has 3 heteroatoms. The van der Waals surface area contributed by atoms with E-state index in [2.05, 4.69) is 22.9 Å². The fourth-order valence-corrected chi connectivity index (χ4v) is 3.05. The summed E-state index contributed by atoms with van der Waals surface area (Å²) < 4.78 is 5.19. The van der Waals surface area contributed by atoms with Crippen LogP contribution in [-0.4, -0.2) is 17.9 Å². The topological polar surface area (TPSA) is 26.3 Å². The van der Waals surface area contributed by atoms with Crippen LogP contribution in [0.5, 0.6) is 0 Å². The number of ether oxygens (including phenoxy) is 1. The largest absolute Gasteiger partial charge is 0.466 e. The van der Waals surface area contributed by atoms with Gasteiger partial charge in [0.2, 0.25) is 0 Å². The molecule has 0 atom stereocenters. The standard InChI is InChI=1S/C20H39BrO2/c1-2-3-4-5-6-7-8-9-10-11-12-13-14-15-19-23-20(22)17-16-18-21/h2-19H2,1H3. The molecule has 0 N–H and O–H groups in total. The first-order valence-electron chi connectivity index (χ1n) is 10.0. The molecular formula is C20H39BrO2. The van der Waals surface area contributed by atoms with Crippen LogP contribution < -0.4 is 0 Å². The van der Waals surface area contributed by atoms with Crippen molar-refractivity contribution in [1.82, 2.24) is 0 Å². The highest BCUT2D eigenvalue weighted by Gasteiger charge is 2.01. The van der Waals surface area contributed by atoms with Crippen molar-refractivity contribution in [2.24, 2.45) is 0 Å². The van der Waals surface area contributed by atoms with Crippen LogP contribution in [0.3, 0.4) is 0 Å². The predicted molar refractivity (Wildman–Crippen MR) is 104 cm³/mol. The summed E-state index contributed by atoms with van der Waals surface area (Å²) in [5.74, 6) is -0.0425. The summed E-state index contributed by atoms with van der Waals surface area (Å²) in [5.41, 5.74) is 0. The number of hydrogen-bond acceptors (Lipinski definition) is 2. The molecule has 0 radical (unpaired) electrons. The van der Waals surface area contributed by atoms with Crippen LogP contribution in [0.1, 0.15) is 110 Å². The molecule has 23 heavy (non-hydrogen) atoms. The maximum Gasteiger partial charge on any atom is 0.305 e. The number of unbranched alkanes of at least 4 members (excludes halogenated alkanes) is 13. The van der Waals surface area contributed by atoms with Crippen molar-refractivity contribution in [1.29, 1.82) is 0 Å². The molecule has 0 aliphatic rings. The van der Waals surface area contributed by atoms with E-state index in [1.54, 1.807) is 0 Å². The second-order valence-electron chi connectivity index (χ2n) is 6.61. The molecular weight excluding hydrogens is 352 g/mol.